The van der Waals surface area contributed by atoms with Crippen molar-refractivity contribution < 1.29 is 5.11 Å². The number of aliphatic hydroxyl groups is 1. The Morgan fingerprint density at radius 3 is 1.80 bits per heavy atom. The normalized spacial score (nSPS) is 37.2. The molecule has 86 valence electrons. The summed E-state index contributed by atoms with van der Waals surface area (Å²) in [4.78, 5) is 0. The van der Waals surface area contributed by atoms with Crippen molar-refractivity contribution in [3.05, 3.63) is 0 Å². The molecule has 3 fully saturated rings. The van der Waals surface area contributed by atoms with Gasteiger partial charge in [-0.25, -0.2) is 0 Å². The van der Waals surface area contributed by atoms with Gasteiger partial charge in [0, 0.05) is 12.1 Å². The van der Waals surface area contributed by atoms with E-state index in [0.717, 1.165) is 30.7 Å². The van der Waals surface area contributed by atoms with Crippen LogP contribution in [-0.4, -0.2) is 23.3 Å². The molecule has 0 aliphatic heterocycles. The topological polar surface area (TPSA) is 32.3 Å². The van der Waals surface area contributed by atoms with Gasteiger partial charge < -0.3 is 10.4 Å². The van der Waals surface area contributed by atoms with E-state index >= 15 is 0 Å². The summed E-state index contributed by atoms with van der Waals surface area (Å²) in [5, 5.41) is 13.4. The molecular weight excluding hydrogens is 186 g/mol. The number of nitrogens with one attached hydrogen (secondary N) is 1. The molecule has 3 aliphatic carbocycles. The van der Waals surface area contributed by atoms with Crippen LogP contribution in [0.3, 0.4) is 0 Å². The lowest BCUT2D eigenvalue weighted by atomic mass is 9.91. The van der Waals surface area contributed by atoms with Gasteiger partial charge in [0.15, 0.2) is 0 Å². The van der Waals surface area contributed by atoms with Crippen LogP contribution >= 0.6 is 0 Å². The van der Waals surface area contributed by atoms with Crippen LogP contribution in [-0.2, 0) is 0 Å². The van der Waals surface area contributed by atoms with Gasteiger partial charge >= 0.3 is 0 Å². The number of aliphatic hydroxyl groups excluding tert-OH is 1. The lowest BCUT2D eigenvalue weighted by molar-refractivity contribution is 0.112. The van der Waals surface area contributed by atoms with Gasteiger partial charge in [0.05, 0.1) is 6.10 Å². The zero-order valence-corrected chi connectivity index (χ0v) is 9.49. The van der Waals surface area contributed by atoms with Crippen LogP contribution < -0.4 is 5.32 Å². The van der Waals surface area contributed by atoms with Crippen molar-refractivity contribution in [1.29, 1.82) is 0 Å². The van der Waals surface area contributed by atoms with E-state index < -0.39 is 0 Å². The van der Waals surface area contributed by atoms with E-state index in [2.05, 4.69) is 5.32 Å². The van der Waals surface area contributed by atoms with E-state index in [1.54, 1.807) is 0 Å². The maximum Gasteiger partial charge on any atom is 0.0541 e. The fourth-order valence-corrected chi connectivity index (χ4v) is 3.08. The van der Waals surface area contributed by atoms with Crippen molar-refractivity contribution >= 4 is 0 Å². The predicted octanol–water partition coefficient (Wildman–Crippen LogP) is 2.07. The summed E-state index contributed by atoms with van der Waals surface area (Å²) in [5.41, 5.74) is 0. The third kappa shape index (κ3) is 2.54. The molecular formula is C13H23NO. The van der Waals surface area contributed by atoms with Crippen molar-refractivity contribution in [3.8, 4) is 0 Å². The van der Waals surface area contributed by atoms with Gasteiger partial charge in [0.2, 0.25) is 0 Å². The highest BCUT2D eigenvalue weighted by atomic mass is 16.3. The van der Waals surface area contributed by atoms with Crippen molar-refractivity contribution in [2.75, 3.05) is 0 Å². The summed E-state index contributed by atoms with van der Waals surface area (Å²) in [7, 11) is 0. The lowest BCUT2D eigenvalue weighted by Gasteiger charge is -2.30. The molecule has 3 aliphatic rings. The quantitative estimate of drug-likeness (QED) is 0.743. The molecule has 0 aromatic heterocycles. The molecule has 2 nitrogen and oxygen atoms in total. The average molecular weight is 209 g/mol. The smallest absolute Gasteiger partial charge is 0.0541 e. The molecule has 3 saturated carbocycles. The van der Waals surface area contributed by atoms with E-state index in [1.165, 1.54) is 38.5 Å². The molecule has 0 radical (unpaired) electrons. The van der Waals surface area contributed by atoms with Crippen molar-refractivity contribution in [1.82, 2.24) is 5.32 Å². The van der Waals surface area contributed by atoms with Crippen LogP contribution in [0.1, 0.15) is 51.4 Å². The Morgan fingerprint density at radius 1 is 0.800 bits per heavy atom. The molecule has 0 aromatic rings. The summed E-state index contributed by atoms with van der Waals surface area (Å²) in [6.45, 7) is 0. The molecule has 0 unspecified atom stereocenters. The molecule has 0 heterocycles. The van der Waals surface area contributed by atoms with E-state index in [1.807, 2.05) is 0 Å². The molecule has 0 bridgehead atoms. The van der Waals surface area contributed by atoms with Gasteiger partial charge in [0.25, 0.3) is 0 Å². The van der Waals surface area contributed by atoms with E-state index in [4.69, 9.17) is 0 Å². The highest BCUT2D eigenvalue weighted by Gasteiger charge is 2.42. The van der Waals surface area contributed by atoms with Crippen LogP contribution in [0.25, 0.3) is 0 Å². The Balaban J connectivity index is 1.49. The standard InChI is InChI=1S/C13H23NO/c15-12-7-5-11(6-8-12)14-13(9-1-2-9)10-3-4-10/h9-15H,1-8H2. The van der Waals surface area contributed by atoms with Crippen LogP contribution in [0.4, 0.5) is 0 Å². The third-order valence-electron chi connectivity index (χ3n) is 4.38. The van der Waals surface area contributed by atoms with Gasteiger partial charge in [-0.2, -0.15) is 0 Å². The number of rotatable bonds is 4. The van der Waals surface area contributed by atoms with Crippen LogP contribution in [0.5, 0.6) is 0 Å². The van der Waals surface area contributed by atoms with Crippen molar-refractivity contribution in [2.24, 2.45) is 11.8 Å². The lowest BCUT2D eigenvalue weighted by Crippen LogP contribution is -2.43. The van der Waals surface area contributed by atoms with Gasteiger partial charge in [0.1, 0.15) is 0 Å². The zero-order chi connectivity index (χ0) is 10.3. The molecule has 2 heteroatoms. The van der Waals surface area contributed by atoms with Crippen molar-refractivity contribution in [2.45, 2.75) is 69.6 Å². The second kappa shape index (κ2) is 4.06. The first kappa shape index (κ1) is 10.1. The molecule has 0 aromatic carbocycles. The van der Waals surface area contributed by atoms with Gasteiger partial charge in [-0.3, -0.25) is 0 Å². The second-order valence-corrected chi connectivity index (χ2v) is 5.87. The fourth-order valence-electron chi connectivity index (χ4n) is 3.08. The van der Waals surface area contributed by atoms with Crippen molar-refractivity contribution in [3.63, 3.8) is 0 Å². The predicted molar refractivity (Wildman–Crippen MR) is 60.6 cm³/mol. The molecule has 2 N–H and O–H groups in total. The Hall–Kier alpha value is -0.0800. The highest BCUT2D eigenvalue weighted by molar-refractivity contribution is 4.98. The van der Waals surface area contributed by atoms with Crippen LogP contribution in [0.15, 0.2) is 0 Å². The average Bonchev–Trinajstić information content (AvgIpc) is 3.11. The third-order valence-corrected chi connectivity index (χ3v) is 4.38. The van der Waals surface area contributed by atoms with Crippen LogP contribution in [0.2, 0.25) is 0 Å². The van der Waals surface area contributed by atoms with Gasteiger partial charge in [-0.1, -0.05) is 0 Å². The number of hydrogen-bond acceptors (Lipinski definition) is 2. The van der Waals surface area contributed by atoms with E-state index in [0.29, 0.717) is 6.04 Å². The first-order valence-corrected chi connectivity index (χ1v) is 6.77. The van der Waals surface area contributed by atoms with Crippen LogP contribution in [0, 0.1) is 11.8 Å². The Kier molecular flexibility index (Phi) is 2.73. The molecule has 0 atom stereocenters. The SMILES string of the molecule is OC1CCC(NC(C2CC2)C2CC2)CC1. The Bertz CT molecular complexity index is 203. The molecule has 3 rings (SSSR count). The largest absolute Gasteiger partial charge is 0.393 e. The van der Waals surface area contributed by atoms with Gasteiger partial charge in [-0.15, -0.1) is 0 Å². The summed E-state index contributed by atoms with van der Waals surface area (Å²) < 4.78 is 0. The summed E-state index contributed by atoms with van der Waals surface area (Å²) >= 11 is 0. The number of hydrogen-bond donors (Lipinski definition) is 2. The minimum absolute atomic E-state index is 0.0108. The van der Waals surface area contributed by atoms with Gasteiger partial charge in [-0.05, 0) is 63.2 Å². The summed E-state index contributed by atoms with van der Waals surface area (Å²) in [6, 6.07) is 1.55. The van der Waals surface area contributed by atoms with E-state index in [-0.39, 0.29) is 6.10 Å². The molecule has 0 saturated heterocycles. The minimum atomic E-state index is -0.0108. The zero-order valence-electron chi connectivity index (χ0n) is 9.49. The maximum atomic E-state index is 9.48. The first-order chi connectivity index (χ1) is 7.33. The highest BCUT2D eigenvalue weighted by Crippen LogP contribution is 2.45. The monoisotopic (exact) mass is 209 g/mol. The molecule has 0 amide bonds. The first-order valence-electron chi connectivity index (χ1n) is 6.77. The Morgan fingerprint density at radius 2 is 1.33 bits per heavy atom. The molecule has 0 spiro atoms. The molecule has 15 heavy (non-hydrogen) atoms. The van der Waals surface area contributed by atoms with E-state index in [9.17, 15) is 5.11 Å². The second-order valence-electron chi connectivity index (χ2n) is 5.87. The fraction of sp³-hybridized carbons (Fsp3) is 1.00. The summed E-state index contributed by atoms with van der Waals surface area (Å²) in [6.07, 6.45) is 10.2. The Labute approximate surface area is 92.4 Å². The maximum absolute atomic E-state index is 9.48. The minimum Gasteiger partial charge on any atom is -0.393 e. The summed E-state index contributed by atoms with van der Waals surface area (Å²) in [5.74, 6) is 2.01.